The van der Waals surface area contributed by atoms with Crippen LogP contribution in [0.5, 0.6) is 0 Å². The molecule has 3 rings (SSSR count). The largest absolute Gasteiger partial charge is 0.389 e. The minimum Gasteiger partial charge on any atom is -0.389 e. The second-order valence-electron chi connectivity index (χ2n) is 6.69. The molecule has 1 N–H and O–H groups in total. The summed E-state index contributed by atoms with van der Waals surface area (Å²) < 4.78 is 6.74. The number of hydrogen-bond donors (Lipinski definition) is 1. The predicted molar refractivity (Wildman–Crippen MR) is 98.4 cm³/mol. The van der Waals surface area contributed by atoms with E-state index in [2.05, 4.69) is 28.0 Å². The summed E-state index contributed by atoms with van der Waals surface area (Å²) >= 11 is 1.79. The summed E-state index contributed by atoms with van der Waals surface area (Å²) in [7, 11) is 0. The Morgan fingerprint density at radius 2 is 1.88 bits per heavy atom. The lowest BCUT2D eigenvalue weighted by molar-refractivity contribution is -0.0148. The lowest BCUT2D eigenvalue weighted by atomic mass is 10.2. The maximum Gasteiger partial charge on any atom is 0.108 e. The van der Waals surface area contributed by atoms with Crippen molar-refractivity contribution in [1.82, 2.24) is 14.8 Å². The van der Waals surface area contributed by atoms with Crippen molar-refractivity contribution in [3.63, 3.8) is 0 Å². The molecule has 0 bridgehead atoms. The lowest BCUT2D eigenvalue weighted by Crippen LogP contribution is -2.48. The molecule has 0 saturated carbocycles. The van der Waals surface area contributed by atoms with Gasteiger partial charge in [0.25, 0.3) is 0 Å². The van der Waals surface area contributed by atoms with E-state index in [9.17, 15) is 5.11 Å². The molecule has 2 heterocycles. The molecule has 132 valence electrons. The zero-order chi connectivity index (χ0) is 16.9. The highest BCUT2D eigenvalue weighted by Gasteiger charge is 2.20. The molecule has 1 unspecified atom stereocenters. The molecule has 2 aromatic rings. The van der Waals surface area contributed by atoms with Gasteiger partial charge in [-0.15, -0.1) is 11.3 Å². The Bertz CT molecular complexity index is 605. The smallest absolute Gasteiger partial charge is 0.108 e. The van der Waals surface area contributed by atoms with Crippen LogP contribution in [0, 0.1) is 0 Å². The number of para-hydroxylation sites is 1. The minimum absolute atomic E-state index is 0.172. The second kappa shape index (κ2) is 8.36. The van der Waals surface area contributed by atoms with Crippen LogP contribution in [0.3, 0.4) is 0 Å². The Kier molecular flexibility index (Phi) is 6.19. The number of piperazine rings is 1. The molecular weight excluding hydrogens is 322 g/mol. The average molecular weight is 350 g/mol. The fourth-order valence-electron chi connectivity index (χ4n) is 2.96. The van der Waals surface area contributed by atoms with Gasteiger partial charge >= 0.3 is 0 Å². The first-order chi connectivity index (χ1) is 11.6. The molecule has 0 amide bonds. The maximum atomic E-state index is 10.0. The Hall–Kier alpha value is -1.05. The zero-order valence-corrected chi connectivity index (χ0v) is 15.3. The van der Waals surface area contributed by atoms with Crippen molar-refractivity contribution in [3.05, 3.63) is 29.3 Å². The van der Waals surface area contributed by atoms with Gasteiger partial charge < -0.3 is 9.84 Å². The van der Waals surface area contributed by atoms with E-state index in [1.807, 2.05) is 19.9 Å². The molecule has 0 radical (unpaired) electrons. The third-order valence-corrected chi connectivity index (χ3v) is 5.27. The number of fused-ring (bicyclic) bond motifs is 1. The van der Waals surface area contributed by atoms with Gasteiger partial charge in [-0.25, -0.2) is 4.98 Å². The first-order valence-corrected chi connectivity index (χ1v) is 9.50. The molecule has 0 spiro atoms. The molecule has 24 heavy (non-hydrogen) atoms. The van der Waals surface area contributed by atoms with Gasteiger partial charge in [-0.05, 0) is 26.0 Å². The number of ether oxygens (including phenoxy) is 1. The number of β-amino-alcohol motifs (C(OH)–C–C–N with tert-alkyl or cyclic N) is 1. The summed E-state index contributed by atoms with van der Waals surface area (Å²) in [5.74, 6) is 0. The summed E-state index contributed by atoms with van der Waals surface area (Å²) in [5.41, 5.74) is 1.10. The summed E-state index contributed by atoms with van der Waals surface area (Å²) in [6.45, 7) is 10.0. The number of thiazole rings is 1. The first-order valence-electron chi connectivity index (χ1n) is 8.69. The second-order valence-corrected chi connectivity index (χ2v) is 7.80. The van der Waals surface area contributed by atoms with Gasteiger partial charge in [-0.1, -0.05) is 12.1 Å². The van der Waals surface area contributed by atoms with E-state index in [4.69, 9.17) is 9.72 Å². The molecule has 0 aliphatic carbocycles. The van der Waals surface area contributed by atoms with E-state index in [-0.39, 0.29) is 6.10 Å². The van der Waals surface area contributed by atoms with E-state index in [1.54, 1.807) is 11.3 Å². The molecule has 1 aliphatic rings. The standard InChI is InChI=1S/C18H27N3O2S/c1-14(2)23-13-15(22)11-20-7-9-21(10-8-20)12-18-19-16-5-3-4-6-17(16)24-18/h3-6,14-15,22H,7-13H2,1-2H3. The van der Waals surface area contributed by atoms with Gasteiger partial charge in [0.2, 0.25) is 0 Å². The Morgan fingerprint density at radius 3 is 2.58 bits per heavy atom. The van der Waals surface area contributed by atoms with Crippen LogP contribution >= 0.6 is 11.3 Å². The van der Waals surface area contributed by atoms with Crippen molar-refractivity contribution in [2.45, 2.75) is 32.6 Å². The van der Waals surface area contributed by atoms with Crippen LogP contribution in [0.25, 0.3) is 10.2 Å². The maximum absolute atomic E-state index is 10.0. The van der Waals surface area contributed by atoms with Gasteiger partial charge in [0.15, 0.2) is 0 Å². The monoisotopic (exact) mass is 349 g/mol. The van der Waals surface area contributed by atoms with E-state index in [0.717, 1.165) is 38.2 Å². The number of aliphatic hydroxyl groups is 1. The number of nitrogens with zero attached hydrogens (tertiary/aromatic N) is 3. The average Bonchev–Trinajstić information content (AvgIpc) is 2.97. The minimum atomic E-state index is -0.400. The number of aliphatic hydroxyl groups excluding tert-OH is 1. The summed E-state index contributed by atoms with van der Waals surface area (Å²) in [6.07, 6.45) is -0.228. The van der Waals surface area contributed by atoms with Crippen molar-refractivity contribution in [1.29, 1.82) is 0 Å². The third-order valence-electron chi connectivity index (χ3n) is 4.25. The lowest BCUT2D eigenvalue weighted by Gasteiger charge is -2.35. The van der Waals surface area contributed by atoms with Crippen molar-refractivity contribution >= 4 is 21.6 Å². The van der Waals surface area contributed by atoms with Gasteiger partial charge in [0.1, 0.15) is 5.01 Å². The van der Waals surface area contributed by atoms with Crippen LogP contribution in [-0.4, -0.2) is 71.4 Å². The molecular formula is C18H27N3O2S. The molecule has 1 aromatic carbocycles. The topological polar surface area (TPSA) is 48.8 Å². The van der Waals surface area contributed by atoms with E-state index in [0.29, 0.717) is 13.2 Å². The van der Waals surface area contributed by atoms with Gasteiger partial charge in [-0.2, -0.15) is 0 Å². The highest BCUT2D eigenvalue weighted by Crippen LogP contribution is 2.23. The summed E-state index contributed by atoms with van der Waals surface area (Å²) in [5, 5.41) is 11.2. The fraction of sp³-hybridized carbons (Fsp3) is 0.611. The molecule has 1 aromatic heterocycles. The van der Waals surface area contributed by atoms with Crippen LogP contribution in [-0.2, 0) is 11.3 Å². The van der Waals surface area contributed by atoms with Crippen LogP contribution in [0.1, 0.15) is 18.9 Å². The number of hydrogen-bond acceptors (Lipinski definition) is 6. The zero-order valence-electron chi connectivity index (χ0n) is 14.5. The SMILES string of the molecule is CC(C)OCC(O)CN1CCN(Cc2nc3ccccc3s2)CC1. The molecule has 1 saturated heterocycles. The van der Waals surface area contributed by atoms with E-state index >= 15 is 0 Å². The van der Waals surface area contributed by atoms with Crippen LogP contribution < -0.4 is 0 Å². The van der Waals surface area contributed by atoms with Gasteiger partial charge in [0, 0.05) is 32.7 Å². The van der Waals surface area contributed by atoms with Crippen LogP contribution in [0.4, 0.5) is 0 Å². The van der Waals surface area contributed by atoms with E-state index in [1.165, 1.54) is 9.71 Å². The Morgan fingerprint density at radius 1 is 1.17 bits per heavy atom. The summed E-state index contributed by atoms with van der Waals surface area (Å²) in [4.78, 5) is 9.49. The molecule has 1 fully saturated rings. The van der Waals surface area contributed by atoms with Crippen molar-refractivity contribution in [2.24, 2.45) is 0 Å². The van der Waals surface area contributed by atoms with Crippen molar-refractivity contribution in [3.8, 4) is 0 Å². The predicted octanol–water partition coefficient (Wildman–Crippen LogP) is 2.20. The number of aromatic nitrogens is 1. The highest BCUT2D eigenvalue weighted by atomic mass is 32.1. The first kappa shape index (κ1) is 17.8. The Balaban J connectivity index is 1.43. The quantitative estimate of drug-likeness (QED) is 0.830. The van der Waals surface area contributed by atoms with Gasteiger partial charge in [-0.3, -0.25) is 9.80 Å². The molecule has 1 atom stereocenters. The van der Waals surface area contributed by atoms with E-state index < -0.39 is 6.10 Å². The third kappa shape index (κ3) is 4.97. The molecule has 1 aliphatic heterocycles. The normalized spacial score (nSPS) is 18.5. The van der Waals surface area contributed by atoms with Crippen LogP contribution in [0.15, 0.2) is 24.3 Å². The number of rotatable bonds is 7. The highest BCUT2D eigenvalue weighted by molar-refractivity contribution is 7.18. The fourth-order valence-corrected chi connectivity index (χ4v) is 3.97. The Labute approximate surface area is 147 Å². The van der Waals surface area contributed by atoms with Crippen molar-refractivity contribution in [2.75, 3.05) is 39.3 Å². The molecule has 6 heteroatoms. The van der Waals surface area contributed by atoms with Crippen LogP contribution in [0.2, 0.25) is 0 Å². The molecule has 5 nitrogen and oxygen atoms in total. The number of benzene rings is 1. The van der Waals surface area contributed by atoms with Gasteiger partial charge in [0.05, 0.1) is 35.6 Å². The summed E-state index contributed by atoms with van der Waals surface area (Å²) in [6, 6.07) is 8.32. The van der Waals surface area contributed by atoms with Crippen molar-refractivity contribution < 1.29 is 9.84 Å².